The second-order valence-corrected chi connectivity index (χ2v) is 16.3. The maximum Gasteiger partial charge on any atom is 0.303 e. The zero-order valence-corrected chi connectivity index (χ0v) is 39.6. The molecule has 1 aromatic carbocycles. The van der Waals surface area contributed by atoms with Gasteiger partial charge in [0.1, 0.15) is 24.4 Å². The Balaban J connectivity index is 0.00000888. The normalized spacial score (nSPS) is 14.8. The van der Waals surface area contributed by atoms with Crippen LogP contribution in [-0.2, 0) is 47.9 Å². The first-order chi connectivity index (χ1) is 33.1. The molecule has 24 nitrogen and oxygen atoms in total. The number of hydrogen-bond acceptors (Lipinski definition) is 18. The first kappa shape index (κ1) is 53.7. The SMILES string of the molecule is C#CCOCCOCCOCCNc1nc(N2CCN(C(=O)[C@H](CCCC[NH3+])n3cc(CCC(=O)O)nn3)CC2)nc(N2CCN(C(=O)[C@H](Cc3ccc(O)cc3)n3cc(CCO)nn3)CC2)n1.[Cl-]. The molecule has 6 rings (SSSR count). The molecule has 4 aromatic rings. The lowest BCUT2D eigenvalue weighted by molar-refractivity contribution is -0.368. The molecular weight excluding hydrogens is 918 g/mol. The summed E-state index contributed by atoms with van der Waals surface area (Å²) >= 11 is 0. The number of aliphatic hydroxyl groups excluding tert-OH is 1. The number of halogens is 1. The number of piperazine rings is 2. The van der Waals surface area contributed by atoms with Crippen molar-refractivity contribution < 1.29 is 62.1 Å². The first-order valence-corrected chi connectivity index (χ1v) is 23.1. The maximum absolute atomic E-state index is 14.3. The van der Waals surface area contributed by atoms with Crippen molar-refractivity contribution in [3.05, 3.63) is 53.6 Å². The predicted molar refractivity (Wildman–Crippen MR) is 245 cm³/mol. The lowest BCUT2D eigenvalue weighted by Crippen LogP contribution is -3.00. The van der Waals surface area contributed by atoms with Gasteiger partial charge in [-0.15, -0.1) is 16.6 Å². The minimum atomic E-state index is -0.930. The Morgan fingerprint density at radius 2 is 1.30 bits per heavy atom. The van der Waals surface area contributed by atoms with E-state index in [9.17, 15) is 24.6 Å². The number of phenols is 1. The summed E-state index contributed by atoms with van der Waals surface area (Å²) in [5.74, 6) is 2.61. The quantitative estimate of drug-likeness (QED) is 0.0267. The number of phenolic OH excluding ortho intramolecular Hbond substituents is 1. The van der Waals surface area contributed by atoms with E-state index in [0.29, 0.717) is 140 Å². The average Bonchev–Trinajstić information content (AvgIpc) is 4.04. The van der Waals surface area contributed by atoms with Gasteiger partial charge in [-0.3, -0.25) is 14.4 Å². The molecule has 2 aliphatic rings. The van der Waals surface area contributed by atoms with Crippen molar-refractivity contribution in [2.75, 3.05) is 127 Å². The molecule has 0 radical (unpaired) electrons. The molecule has 5 heterocycles. The van der Waals surface area contributed by atoms with Gasteiger partial charge in [-0.1, -0.05) is 28.5 Å². The molecule has 7 N–H and O–H groups in total. The van der Waals surface area contributed by atoms with Crippen LogP contribution in [-0.4, -0.2) is 200 Å². The largest absolute Gasteiger partial charge is 1.00 e. The first-order valence-electron chi connectivity index (χ1n) is 23.1. The Morgan fingerprint density at radius 1 is 0.754 bits per heavy atom. The third-order valence-electron chi connectivity index (χ3n) is 11.4. The standard InChI is InChI=1S/C44H63N15O9.ClH/c1-2-24-66-26-28-68-29-27-67-25-14-46-42-47-43(56-19-15-54(16-20-56)40(64)37(5-3-4-13-45)58-31-34(50-52-58)8-11-39(62)63)49-44(48-42)57-21-17-55(18-22-57)41(65)38(30-33-6-9-36(61)10-7-33)59-32-35(12-23-60)51-53-59;/h1,6-7,9-10,31-32,37-38,60-61H,3-5,8,11-30,45H2,(H,62,63)(H,46,47,48,49);1H/t37-,38-;/m0./s1. The van der Waals surface area contributed by atoms with Gasteiger partial charge in [-0.25, -0.2) is 9.36 Å². The zero-order valence-electron chi connectivity index (χ0n) is 38.9. The van der Waals surface area contributed by atoms with E-state index in [2.05, 4.69) is 37.6 Å². The van der Waals surface area contributed by atoms with Crippen molar-refractivity contribution in [2.45, 2.75) is 57.0 Å². The van der Waals surface area contributed by atoms with Crippen LogP contribution in [0.3, 0.4) is 0 Å². The molecule has 0 bridgehead atoms. The summed E-state index contributed by atoms with van der Waals surface area (Å²) in [7, 11) is 0. The summed E-state index contributed by atoms with van der Waals surface area (Å²) in [6.07, 6.45) is 11.5. The van der Waals surface area contributed by atoms with Gasteiger partial charge < -0.3 is 72.6 Å². The Kier molecular flexibility index (Phi) is 22.0. The van der Waals surface area contributed by atoms with E-state index in [4.69, 9.17) is 40.7 Å². The molecule has 2 aliphatic heterocycles. The van der Waals surface area contributed by atoms with Gasteiger partial charge in [0.15, 0.2) is 0 Å². The molecule has 2 atom stereocenters. The lowest BCUT2D eigenvalue weighted by atomic mass is 10.0. The Morgan fingerprint density at radius 3 is 1.87 bits per heavy atom. The van der Waals surface area contributed by atoms with E-state index >= 15 is 0 Å². The molecule has 376 valence electrons. The number of quaternary nitrogens is 1. The zero-order chi connectivity index (χ0) is 48.1. The van der Waals surface area contributed by atoms with Crippen molar-refractivity contribution >= 4 is 35.6 Å². The second-order valence-electron chi connectivity index (χ2n) is 16.3. The van der Waals surface area contributed by atoms with E-state index in [0.717, 1.165) is 24.9 Å². The van der Waals surface area contributed by atoms with E-state index < -0.39 is 18.1 Å². The summed E-state index contributed by atoms with van der Waals surface area (Å²) in [5.41, 5.74) is 5.87. The van der Waals surface area contributed by atoms with E-state index in [1.807, 2.05) is 14.7 Å². The number of aliphatic carboxylic acids is 1. The molecule has 69 heavy (non-hydrogen) atoms. The van der Waals surface area contributed by atoms with Crippen LogP contribution in [0.4, 0.5) is 17.8 Å². The molecule has 0 aliphatic carbocycles. The van der Waals surface area contributed by atoms with Gasteiger partial charge >= 0.3 is 5.97 Å². The topological polar surface area (TPSA) is 292 Å². The third-order valence-corrected chi connectivity index (χ3v) is 11.4. The number of hydrogen-bond donors (Lipinski definition) is 5. The number of carboxylic acid groups (broad SMARTS) is 1. The summed E-state index contributed by atoms with van der Waals surface area (Å²) in [5, 5.41) is 48.6. The fourth-order valence-corrected chi connectivity index (χ4v) is 7.74. The van der Waals surface area contributed by atoms with Crippen LogP contribution >= 0.6 is 0 Å². The average molecular weight is 983 g/mol. The van der Waals surface area contributed by atoms with Crippen molar-refractivity contribution in [1.29, 1.82) is 0 Å². The number of aryl methyl sites for hydroxylation is 1. The predicted octanol–water partition coefficient (Wildman–Crippen LogP) is -4.15. The number of nitrogens with zero attached hydrogens (tertiary/aromatic N) is 13. The van der Waals surface area contributed by atoms with Gasteiger partial charge in [0.25, 0.3) is 0 Å². The minimum Gasteiger partial charge on any atom is -1.00 e. The third kappa shape index (κ3) is 16.5. The highest BCUT2D eigenvalue weighted by atomic mass is 35.5. The molecule has 3 aromatic heterocycles. The molecular formula is C44H64ClN15O9. The summed E-state index contributed by atoms with van der Waals surface area (Å²) in [6.45, 7) is 6.57. The number of aliphatic hydroxyl groups is 1. The summed E-state index contributed by atoms with van der Waals surface area (Å²) in [6, 6.07) is 5.41. The van der Waals surface area contributed by atoms with Crippen molar-refractivity contribution in [3.8, 4) is 18.1 Å². The monoisotopic (exact) mass is 981 g/mol. The van der Waals surface area contributed by atoms with Gasteiger partial charge in [0, 0.05) is 97.2 Å². The molecule has 0 spiro atoms. The van der Waals surface area contributed by atoms with E-state index in [1.165, 1.54) is 0 Å². The summed E-state index contributed by atoms with van der Waals surface area (Å²) in [4.78, 5) is 61.7. The van der Waals surface area contributed by atoms with Crippen molar-refractivity contribution in [2.24, 2.45) is 0 Å². The van der Waals surface area contributed by atoms with E-state index in [1.54, 1.807) is 50.9 Å². The number of carbonyl (C=O) groups excluding carboxylic acids is 2. The maximum atomic E-state index is 14.3. The van der Waals surface area contributed by atoms with Crippen LogP contribution < -0.4 is 33.3 Å². The highest BCUT2D eigenvalue weighted by Gasteiger charge is 2.33. The minimum absolute atomic E-state index is 0. The summed E-state index contributed by atoms with van der Waals surface area (Å²) < 4.78 is 19.6. The number of carboxylic acids is 1. The van der Waals surface area contributed by atoms with E-state index in [-0.39, 0.29) is 56.0 Å². The van der Waals surface area contributed by atoms with Gasteiger partial charge in [-0.05, 0) is 37.0 Å². The van der Waals surface area contributed by atoms with Crippen molar-refractivity contribution in [1.82, 2.24) is 54.7 Å². The second kappa shape index (κ2) is 28.3. The number of unbranched alkanes of at least 4 members (excludes halogenated alkanes) is 1. The molecule has 2 amide bonds. The number of terminal acetylenes is 1. The highest BCUT2D eigenvalue weighted by Crippen LogP contribution is 2.25. The van der Waals surface area contributed by atoms with Crippen LogP contribution in [0.25, 0.3) is 0 Å². The van der Waals surface area contributed by atoms with Crippen LogP contribution in [0, 0.1) is 12.3 Å². The smallest absolute Gasteiger partial charge is 0.303 e. The Labute approximate surface area is 406 Å². The van der Waals surface area contributed by atoms with Crippen LogP contribution in [0.2, 0.25) is 0 Å². The fraction of sp³-hybridized carbons (Fsp3) is 0.591. The Hall–Kier alpha value is -6.23. The number of aromatic nitrogens is 9. The molecule has 0 saturated carbocycles. The van der Waals surface area contributed by atoms with Gasteiger partial charge in [-0.2, -0.15) is 15.0 Å². The molecule has 2 saturated heterocycles. The molecule has 0 unspecified atom stereocenters. The van der Waals surface area contributed by atoms with Crippen molar-refractivity contribution in [3.63, 3.8) is 0 Å². The fourth-order valence-electron chi connectivity index (χ4n) is 7.74. The van der Waals surface area contributed by atoms with Crippen LogP contribution in [0.5, 0.6) is 5.75 Å². The number of rotatable bonds is 28. The number of carbonyl (C=O) groups is 3. The molecule has 2 fully saturated rings. The lowest BCUT2D eigenvalue weighted by Gasteiger charge is -2.38. The van der Waals surface area contributed by atoms with Crippen LogP contribution in [0.15, 0.2) is 36.7 Å². The number of aromatic hydroxyl groups is 1. The highest BCUT2D eigenvalue weighted by molar-refractivity contribution is 5.81. The van der Waals surface area contributed by atoms with Gasteiger partial charge in [0.05, 0.1) is 57.4 Å². The number of ether oxygens (including phenoxy) is 3. The number of amides is 2. The van der Waals surface area contributed by atoms with Gasteiger partial charge in [0.2, 0.25) is 29.7 Å². The number of anilines is 3. The number of benzene rings is 1. The Bertz CT molecular complexity index is 2230. The van der Waals surface area contributed by atoms with Crippen LogP contribution in [0.1, 0.15) is 54.7 Å². The molecule has 25 heteroatoms. The number of nitrogens with one attached hydrogen (secondary N) is 1.